The first-order valence-corrected chi connectivity index (χ1v) is 9.86. The lowest BCUT2D eigenvalue weighted by Crippen LogP contribution is -2.27. The van der Waals surface area contributed by atoms with Crippen LogP contribution in [-0.2, 0) is 7.05 Å². The van der Waals surface area contributed by atoms with E-state index in [1.807, 2.05) is 13.8 Å². The minimum Gasteiger partial charge on any atom is -0.453 e. The summed E-state index contributed by atoms with van der Waals surface area (Å²) in [7, 11) is 1.55. The van der Waals surface area contributed by atoms with Gasteiger partial charge in [-0.1, -0.05) is 31.5 Å². The second-order valence-corrected chi connectivity index (χ2v) is 7.61. The zero-order valence-corrected chi connectivity index (χ0v) is 17.7. The number of aryl methyl sites for hydroxylation is 1. The number of amides is 1. The summed E-state index contributed by atoms with van der Waals surface area (Å²) in [5.41, 5.74) is 0.918. The van der Waals surface area contributed by atoms with Crippen molar-refractivity contribution < 1.29 is 9.53 Å². The average Bonchev–Trinajstić information content (AvgIpc) is 2.73. The molecule has 1 aromatic heterocycles. The third-order valence-electron chi connectivity index (χ3n) is 4.21. The number of ether oxygens (including phenoxy) is 1. The molecule has 2 N–H and O–H groups in total. The van der Waals surface area contributed by atoms with Crippen LogP contribution in [0.3, 0.4) is 0 Å². The topological polar surface area (TPSA) is 85.2 Å². The number of nitrogens with zero attached hydrogens (tertiary/aromatic N) is 2. The summed E-state index contributed by atoms with van der Waals surface area (Å²) in [6.45, 7) is 4.64. The van der Waals surface area contributed by atoms with Gasteiger partial charge >= 0.3 is 0 Å². The highest BCUT2D eigenvalue weighted by Gasteiger charge is 2.14. The Morgan fingerprint density at radius 1 is 1.20 bits per heavy atom. The van der Waals surface area contributed by atoms with Crippen molar-refractivity contribution in [2.45, 2.75) is 13.8 Å². The number of hydrogen-bond donors (Lipinski definition) is 2. The van der Waals surface area contributed by atoms with Crippen molar-refractivity contribution in [3.63, 3.8) is 0 Å². The van der Waals surface area contributed by atoms with Crippen molar-refractivity contribution in [2.75, 3.05) is 11.9 Å². The highest BCUT2D eigenvalue weighted by Crippen LogP contribution is 2.29. The van der Waals surface area contributed by atoms with Crippen molar-refractivity contribution in [2.24, 2.45) is 13.0 Å². The SMILES string of the molecule is CC(C)CNC(=O)c1cccc(Nc2c(Oc3ccc(Cl)cc3)cnn(C)c2=O)c1. The summed E-state index contributed by atoms with van der Waals surface area (Å²) >= 11 is 5.91. The Bertz CT molecular complexity index is 1090. The first-order chi connectivity index (χ1) is 14.3. The van der Waals surface area contributed by atoms with Crippen LogP contribution in [0.4, 0.5) is 11.4 Å². The van der Waals surface area contributed by atoms with Crippen molar-refractivity contribution in [3.8, 4) is 11.5 Å². The fourth-order valence-corrected chi connectivity index (χ4v) is 2.75. The van der Waals surface area contributed by atoms with Gasteiger partial charge in [0.1, 0.15) is 5.75 Å². The van der Waals surface area contributed by atoms with Gasteiger partial charge in [0.25, 0.3) is 11.5 Å². The molecular weight excluding hydrogens is 404 g/mol. The molecule has 0 saturated heterocycles. The number of carbonyl (C=O) groups excluding carboxylic acids is 1. The maximum absolute atomic E-state index is 12.7. The van der Waals surface area contributed by atoms with Gasteiger partial charge < -0.3 is 15.4 Å². The summed E-state index contributed by atoms with van der Waals surface area (Å²) in [6.07, 6.45) is 1.46. The molecule has 1 heterocycles. The summed E-state index contributed by atoms with van der Waals surface area (Å²) in [4.78, 5) is 25.1. The molecule has 0 aliphatic carbocycles. The third-order valence-corrected chi connectivity index (χ3v) is 4.46. The molecular formula is C22H23ClN4O3. The summed E-state index contributed by atoms with van der Waals surface area (Å²) in [5, 5.41) is 10.6. The Morgan fingerprint density at radius 3 is 2.63 bits per heavy atom. The zero-order valence-electron chi connectivity index (χ0n) is 17.0. The standard InChI is InChI=1S/C22H23ClN4O3/c1-14(2)12-24-21(28)15-5-4-6-17(11-15)26-20-19(13-25-27(3)22(20)29)30-18-9-7-16(23)8-10-18/h4-11,13-14,26H,12H2,1-3H3,(H,24,28). The van der Waals surface area contributed by atoms with Gasteiger partial charge in [-0.15, -0.1) is 0 Å². The van der Waals surface area contributed by atoms with Crippen LogP contribution in [0, 0.1) is 5.92 Å². The molecule has 30 heavy (non-hydrogen) atoms. The molecule has 0 bridgehead atoms. The number of nitrogens with one attached hydrogen (secondary N) is 2. The molecule has 3 aromatic rings. The lowest BCUT2D eigenvalue weighted by molar-refractivity contribution is 0.0949. The van der Waals surface area contributed by atoms with Crippen LogP contribution in [0.1, 0.15) is 24.2 Å². The largest absolute Gasteiger partial charge is 0.453 e. The van der Waals surface area contributed by atoms with E-state index in [9.17, 15) is 9.59 Å². The van der Waals surface area contributed by atoms with Gasteiger partial charge in [0.15, 0.2) is 11.4 Å². The predicted octanol–water partition coefficient (Wildman–Crippen LogP) is 4.36. The molecule has 2 aromatic carbocycles. The summed E-state index contributed by atoms with van der Waals surface area (Å²) < 4.78 is 7.04. The number of hydrogen-bond acceptors (Lipinski definition) is 5. The average molecular weight is 427 g/mol. The Labute approximate surface area is 179 Å². The molecule has 0 aliphatic heterocycles. The molecule has 3 rings (SSSR count). The van der Waals surface area contributed by atoms with E-state index in [4.69, 9.17) is 16.3 Å². The van der Waals surface area contributed by atoms with Crippen LogP contribution >= 0.6 is 11.6 Å². The molecule has 0 unspecified atom stereocenters. The smallest absolute Gasteiger partial charge is 0.294 e. The van der Waals surface area contributed by atoms with Crippen molar-refractivity contribution >= 4 is 28.9 Å². The maximum Gasteiger partial charge on any atom is 0.294 e. The van der Waals surface area contributed by atoms with Crippen LogP contribution in [-0.4, -0.2) is 22.2 Å². The van der Waals surface area contributed by atoms with Gasteiger partial charge in [0.05, 0.1) is 6.20 Å². The fraction of sp³-hybridized carbons (Fsp3) is 0.227. The predicted molar refractivity (Wildman–Crippen MR) is 118 cm³/mol. The number of anilines is 2. The second-order valence-electron chi connectivity index (χ2n) is 7.18. The Balaban J connectivity index is 1.88. The normalized spacial score (nSPS) is 10.7. The van der Waals surface area contributed by atoms with E-state index in [2.05, 4.69) is 15.7 Å². The molecule has 0 spiro atoms. The van der Waals surface area contributed by atoms with E-state index < -0.39 is 0 Å². The molecule has 0 saturated carbocycles. The molecule has 1 amide bonds. The molecule has 156 valence electrons. The first-order valence-electron chi connectivity index (χ1n) is 9.48. The van der Waals surface area contributed by atoms with Gasteiger partial charge in [-0.25, -0.2) is 4.68 Å². The number of halogens is 1. The number of carbonyl (C=O) groups is 1. The fourth-order valence-electron chi connectivity index (χ4n) is 2.63. The summed E-state index contributed by atoms with van der Waals surface area (Å²) in [6, 6.07) is 13.7. The van der Waals surface area contributed by atoms with E-state index in [1.54, 1.807) is 55.6 Å². The molecule has 0 radical (unpaired) electrons. The Morgan fingerprint density at radius 2 is 1.93 bits per heavy atom. The monoisotopic (exact) mass is 426 g/mol. The highest BCUT2D eigenvalue weighted by molar-refractivity contribution is 6.30. The van der Waals surface area contributed by atoms with E-state index in [-0.39, 0.29) is 22.9 Å². The van der Waals surface area contributed by atoms with Gasteiger partial charge in [0, 0.05) is 29.9 Å². The summed E-state index contributed by atoms with van der Waals surface area (Å²) in [5.74, 6) is 0.949. The minimum atomic E-state index is -0.365. The van der Waals surface area contributed by atoms with Crippen LogP contribution < -0.4 is 20.9 Å². The van der Waals surface area contributed by atoms with Crippen LogP contribution in [0.5, 0.6) is 11.5 Å². The van der Waals surface area contributed by atoms with E-state index in [0.717, 1.165) is 0 Å². The molecule has 8 heteroatoms. The van der Waals surface area contributed by atoms with Gasteiger partial charge in [-0.3, -0.25) is 9.59 Å². The quantitative estimate of drug-likeness (QED) is 0.586. The lowest BCUT2D eigenvalue weighted by Gasteiger charge is -2.14. The van der Waals surface area contributed by atoms with Crippen LogP contribution in [0.15, 0.2) is 59.5 Å². The lowest BCUT2D eigenvalue weighted by atomic mass is 10.1. The number of rotatable bonds is 7. The molecule has 0 atom stereocenters. The van der Waals surface area contributed by atoms with Crippen LogP contribution in [0.2, 0.25) is 5.02 Å². The second kappa shape index (κ2) is 9.45. The number of aromatic nitrogens is 2. The van der Waals surface area contributed by atoms with Crippen LogP contribution in [0.25, 0.3) is 0 Å². The first kappa shape index (κ1) is 21.4. The van der Waals surface area contributed by atoms with Crippen molar-refractivity contribution in [1.82, 2.24) is 15.1 Å². The van der Waals surface area contributed by atoms with Gasteiger partial charge in [-0.2, -0.15) is 5.10 Å². The Kier molecular flexibility index (Phi) is 6.74. The molecule has 0 aliphatic rings. The highest BCUT2D eigenvalue weighted by atomic mass is 35.5. The van der Waals surface area contributed by atoms with E-state index in [0.29, 0.717) is 34.5 Å². The third kappa shape index (κ3) is 5.39. The molecule has 7 nitrogen and oxygen atoms in total. The van der Waals surface area contributed by atoms with Gasteiger partial charge in [-0.05, 0) is 48.4 Å². The van der Waals surface area contributed by atoms with E-state index in [1.165, 1.54) is 10.9 Å². The van der Waals surface area contributed by atoms with E-state index >= 15 is 0 Å². The van der Waals surface area contributed by atoms with Gasteiger partial charge in [0.2, 0.25) is 0 Å². The van der Waals surface area contributed by atoms with Crippen molar-refractivity contribution in [3.05, 3.63) is 75.7 Å². The molecule has 0 fully saturated rings. The Hall–Kier alpha value is -3.32. The minimum absolute atomic E-state index is 0.174. The number of benzene rings is 2. The maximum atomic E-state index is 12.7. The zero-order chi connectivity index (χ0) is 21.7. The van der Waals surface area contributed by atoms with Crippen molar-refractivity contribution in [1.29, 1.82) is 0 Å².